The van der Waals surface area contributed by atoms with Crippen molar-refractivity contribution < 1.29 is 18.4 Å². The first-order valence-corrected chi connectivity index (χ1v) is 10.8. The van der Waals surface area contributed by atoms with Crippen molar-refractivity contribution in [1.29, 1.82) is 0 Å². The number of carbonyl (C=O) groups excluding carboxylic acids is 2. The van der Waals surface area contributed by atoms with Crippen molar-refractivity contribution in [2.75, 3.05) is 0 Å². The number of ketones is 2. The Hall–Kier alpha value is -4.18. The number of carbonyl (C=O) groups is 2. The van der Waals surface area contributed by atoms with Crippen molar-refractivity contribution in [3.63, 3.8) is 0 Å². The van der Waals surface area contributed by atoms with Gasteiger partial charge < -0.3 is 8.83 Å². The van der Waals surface area contributed by atoms with Crippen molar-refractivity contribution in [3.05, 3.63) is 99.8 Å². The van der Waals surface area contributed by atoms with E-state index in [1.807, 2.05) is 30.3 Å². The quantitative estimate of drug-likeness (QED) is 0.218. The fraction of sp³-hybridized carbons (Fsp3) is 0.103. The van der Waals surface area contributed by atoms with Crippen molar-refractivity contribution in [1.82, 2.24) is 0 Å². The number of hydrogen-bond donors (Lipinski definition) is 0. The van der Waals surface area contributed by atoms with Gasteiger partial charge in [0.2, 0.25) is 0 Å². The van der Waals surface area contributed by atoms with Crippen LogP contribution in [0.1, 0.15) is 43.2 Å². The Morgan fingerprint density at radius 2 is 1.27 bits per heavy atom. The molecule has 2 heterocycles. The van der Waals surface area contributed by atoms with E-state index < -0.39 is 0 Å². The predicted octanol–water partition coefficient (Wildman–Crippen LogP) is 7.23. The number of furan rings is 2. The molecule has 0 saturated heterocycles. The monoisotopic (exact) mass is 432 g/mol. The number of benzene rings is 3. The zero-order valence-corrected chi connectivity index (χ0v) is 18.5. The lowest BCUT2D eigenvalue weighted by atomic mass is 9.98. The molecule has 5 aromatic rings. The molecule has 0 radical (unpaired) electrons. The molecule has 33 heavy (non-hydrogen) atoms. The fourth-order valence-electron chi connectivity index (χ4n) is 4.90. The number of allylic oxidation sites excluding steroid dienone is 1. The highest BCUT2D eigenvalue weighted by atomic mass is 16.4. The van der Waals surface area contributed by atoms with Crippen molar-refractivity contribution in [3.8, 4) is 11.3 Å². The summed E-state index contributed by atoms with van der Waals surface area (Å²) in [6.45, 7) is 6.20. The van der Waals surface area contributed by atoms with E-state index in [-0.39, 0.29) is 17.1 Å². The molecule has 1 aliphatic rings. The molecule has 0 fully saturated rings. The molecule has 0 spiro atoms. The molecule has 1 aliphatic carbocycles. The first-order valence-electron chi connectivity index (χ1n) is 10.8. The second-order valence-electron chi connectivity index (χ2n) is 8.72. The van der Waals surface area contributed by atoms with Crippen molar-refractivity contribution >= 4 is 39.6 Å². The largest absolute Gasteiger partial charge is 0.453 e. The van der Waals surface area contributed by atoms with Gasteiger partial charge in [0.05, 0.1) is 5.57 Å². The van der Waals surface area contributed by atoms with Crippen molar-refractivity contribution in [2.24, 2.45) is 0 Å². The zero-order valence-electron chi connectivity index (χ0n) is 18.5. The fourth-order valence-corrected chi connectivity index (χ4v) is 4.90. The molecule has 3 aromatic carbocycles. The van der Waals surface area contributed by atoms with E-state index in [1.54, 1.807) is 18.2 Å². The van der Waals surface area contributed by atoms with Crippen LogP contribution in [0.2, 0.25) is 0 Å². The lowest BCUT2D eigenvalue weighted by molar-refractivity contribution is 0.0990. The van der Waals surface area contributed by atoms with Crippen LogP contribution in [0.25, 0.3) is 39.3 Å². The van der Waals surface area contributed by atoms with Crippen LogP contribution in [-0.2, 0) is 0 Å². The average molecular weight is 432 g/mol. The topological polar surface area (TPSA) is 60.4 Å². The maximum atomic E-state index is 13.0. The van der Waals surface area contributed by atoms with Crippen LogP contribution in [0.3, 0.4) is 0 Å². The highest BCUT2D eigenvalue weighted by Gasteiger charge is 2.33. The summed E-state index contributed by atoms with van der Waals surface area (Å²) in [5.41, 5.74) is 6.68. The molecule has 4 heteroatoms. The maximum absolute atomic E-state index is 13.0. The molecule has 6 rings (SSSR count). The Kier molecular flexibility index (Phi) is 4.08. The van der Waals surface area contributed by atoms with Crippen molar-refractivity contribution in [2.45, 2.75) is 20.8 Å². The van der Waals surface area contributed by atoms with Gasteiger partial charge in [-0.3, -0.25) is 9.59 Å². The third-order valence-electron chi connectivity index (χ3n) is 6.30. The minimum absolute atomic E-state index is 0.113. The molecular formula is C29H20O4. The van der Waals surface area contributed by atoms with Gasteiger partial charge in [-0.15, -0.1) is 0 Å². The maximum Gasteiger partial charge on any atom is 0.197 e. The Morgan fingerprint density at radius 3 is 1.85 bits per heavy atom. The van der Waals surface area contributed by atoms with E-state index in [1.165, 1.54) is 11.6 Å². The molecule has 0 saturated carbocycles. The van der Waals surface area contributed by atoms with Gasteiger partial charge in [0.25, 0.3) is 0 Å². The second-order valence-corrected chi connectivity index (χ2v) is 8.72. The smallest absolute Gasteiger partial charge is 0.197 e. The van der Waals surface area contributed by atoms with Gasteiger partial charge in [-0.05, 0) is 60.9 Å². The highest BCUT2D eigenvalue weighted by molar-refractivity contribution is 6.42. The Bertz CT molecular complexity index is 1560. The van der Waals surface area contributed by atoms with E-state index in [0.29, 0.717) is 28.1 Å². The van der Waals surface area contributed by atoms with Crippen LogP contribution in [0, 0.1) is 20.8 Å². The Balaban J connectivity index is 1.39. The van der Waals surface area contributed by atoms with Crippen LogP contribution < -0.4 is 0 Å². The van der Waals surface area contributed by atoms with Gasteiger partial charge in [0.15, 0.2) is 22.7 Å². The molecule has 0 bridgehead atoms. The standard InChI is InChI=1S/C29H20O4/c1-15-8-16(2)27(17(3)9-15)26-14-25-24(33-26)13-20(32-25)12-23-28(30)21-10-18-6-4-5-7-19(18)11-22(21)29(23)31/h4-14H,1-3H3. The van der Waals surface area contributed by atoms with Gasteiger partial charge in [-0.2, -0.15) is 0 Å². The van der Waals surface area contributed by atoms with E-state index in [2.05, 4.69) is 32.9 Å². The SMILES string of the molecule is Cc1cc(C)c(-c2cc3oc(C=C4C(=O)c5cc6ccccc6cc5C4=O)cc3o2)c(C)c1. The van der Waals surface area contributed by atoms with E-state index in [0.717, 1.165) is 33.2 Å². The average Bonchev–Trinajstić information content (AvgIpc) is 3.39. The Labute approximate surface area is 190 Å². The molecule has 0 atom stereocenters. The third-order valence-corrected chi connectivity index (χ3v) is 6.30. The van der Waals surface area contributed by atoms with E-state index in [9.17, 15) is 9.59 Å². The molecular weight excluding hydrogens is 412 g/mol. The molecule has 0 aliphatic heterocycles. The third kappa shape index (κ3) is 2.99. The summed E-state index contributed by atoms with van der Waals surface area (Å²) >= 11 is 0. The number of Topliss-reactive ketones (excluding diaryl/α,β-unsaturated/α-hetero) is 2. The number of aryl methyl sites for hydroxylation is 3. The predicted molar refractivity (Wildman–Crippen MR) is 129 cm³/mol. The summed E-state index contributed by atoms with van der Waals surface area (Å²) in [5.74, 6) is 0.604. The van der Waals surface area contributed by atoms with Gasteiger partial charge in [0.1, 0.15) is 11.5 Å². The summed E-state index contributed by atoms with van der Waals surface area (Å²) in [7, 11) is 0. The number of hydrogen-bond acceptors (Lipinski definition) is 4. The highest BCUT2D eigenvalue weighted by Crippen LogP contribution is 2.36. The van der Waals surface area contributed by atoms with Crippen LogP contribution in [-0.4, -0.2) is 11.6 Å². The van der Waals surface area contributed by atoms with Crippen LogP contribution in [0.5, 0.6) is 0 Å². The number of fused-ring (bicyclic) bond motifs is 3. The summed E-state index contributed by atoms with van der Waals surface area (Å²) in [6.07, 6.45) is 1.52. The minimum Gasteiger partial charge on any atom is -0.453 e. The summed E-state index contributed by atoms with van der Waals surface area (Å²) in [4.78, 5) is 26.0. The first kappa shape index (κ1) is 19.5. The van der Waals surface area contributed by atoms with Gasteiger partial charge in [0, 0.05) is 28.8 Å². The molecule has 160 valence electrons. The molecule has 0 amide bonds. The second kappa shape index (κ2) is 6.91. The number of rotatable bonds is 2. The lowest BCUT2D eigenvalue weighted by Crippen LogP contribution is -1.99. The zero-order chi connectivity index (χ0) is 22.9. The van der Waals surface area contributed by atoms with Gasteiger partial charge in [-0.25, -0.2) is 0 Å². The Morgan fingerprint density at radius 1 is 0.697 bits per heavy atom. The van der Waals surface area contributed by atoms with E-state index in [4.69, 9.17) is 8.83 Å². The van der Waals surface area contributed by atoms with Crippen LogP contribution in [0.4, 0.5) is 0 Å². The molecule has 0 N–H and O–H groups in total. The molecule has 4 nitrogen and oxygen atoms in total. The van der Waals surface area contributed by atoms with E-state index >= 15 is 0 Å². The molecule has 2 aromatic heterocycles. The molecule has 0 unspecified atom stereocenters. The first-order chi connectivity index (χ1) is 15.9. The van der Waals surface area contributed by atoms with Crippen LogP contribution in [0.15, 0.2) is 75.1 Å². The summed E-state index contributed by atoms with van der Waals surface area (Å²) in [6, 6.07) is 19.1. The normalized spacial score (nSPS) is 13.4. The van der Waals surface area contributed by atoms with Crippen LogP contribution >= 0.6 is 0 Å². The van der Waals surface area contributed by atoms with Gasteiger partial charge >= 0.3 is 0 Å². The lowest BCUT2D eigenvalue weighted by Gasteiger charge is -2.08. The summed E-state index contributed by atoms with van der Waals surface area (Å²) < 4.78 is 12.0. The van der Waals surface area contributed by atoms with Gasteiger partial charge in [-0.1, -0.05) is 42.0 Å². The summed E-state index contributed by atoms with van der Waals surface area (Å²) in [5, 5.41) is 1.87. The minimum atomic E-state index is -0.277.